The molecule has 0 aliphatic rings. The van der Waals surface area contributed by atoms with Crippen LogP contribution in [0.5, 0.6) is 11.5 Å². The molecular formula is C21H25N3O2. The molecule has 1 heterocycles. The molecule has 0 saturated heterocycles. The molecule has 0 unspecified atom stereocenters. The molecule has 5 nitrogen and oxygen atoms in total. The minimum atomic E-state index is 0.595. The normalized spacial score (nSPS) is 10.7. The van der Waals surface area contributed by atoms with Crippen LogP contribution in [-0.2, 0) is 13.6 Å². The maximum absolute atomic E-state index is 5.44. The number of imidazole rings is 1. The molecular weight excluding hydrogens is 326 g/mol. The van der Waals surface area contributed by atoms with Gasteiger partial charge in [-0.2, -0.15) is 0 Å². The van der Waals surface area contributed by atoms with Gasteiger partial charge in [0.1, 0.15) is 11.5 Å². The van der Waals surface area contributed by atoms with Gasteiger partial charge in [0.15, 0.2) is 0 Å². The summed E-state index contributed by atoms with van der Waals surface area (Å²) in [6.45, 7) is 4.85. The Hall–Kier alpha value is -2.95. The summed E-state index contributed by atoms with van der Waals surface area (Å²) in [5, 5.41) is 3.39. The molecule has 0 spiro atoms. The van der Waals surface area contributed by atoms with Gasteiger partial charge in [0.25, 0.3) is 0 Å². The van der Waals surface area contributed by atoms with Gasteiger partial charge in [-0.15, -0.1) is 0 Å². The fraction of sp³-hybridized carbons (Fsp3) is 0.286. The van der Waals surface area contributed by atoms with Crippen LogP contribution in [0.2, 0.25) is 0 Å². The van der Waals surface area contributed by atoms with Gasteiger partial charge in [-0.05, 0) is 49.2 Å². The smallest absolute Gasteiger partial charge is 0.203 e. The highest BCUT2D eigenvalue weighted by atomic mass is 16.5. The fourth-order valence-electron chi connectivity index (χ4n) is 2.94. The molecule has 1 N–H and O–H groups in total. The molecule has 3 rings (SSSR count). The average molecular weight is 351 g/mol. The first-order chi connectivity index (χ1) is 12.5. The van der Waals surface area contributed by atoms with E-state index in [0.29, 0.717) is 6.54 Å². The van der Waals surface area contributed by atoms with Crippen LogP contribution in [0.3, 0.4) is 0 Å². The maximum atomic E-state index is 5.44. The topological polar surface area (TPSA) is 48.3 Å². The lowest BCUT2D eigenvalue weighted by Crippen LogP contribution is -2.07. The third kappa shape index (κ3) is 3.52. The minimum absolute atomic E-state index is 0.595. The number of anilines is 1. The van der Waals surface area contributed by atoms with E-state index >= 15 is 0 Å². The molecule has 136 valence electrons. The Morgan fingerprint density at radius 3 is 2.50 bits per heavy atom. The van der Waals surface area contributed by atoms with Gasteiger partial charge in [-0.1, -0.05) is 12.1 Å². The van der Waals surface area contributed by atoms with Crippen molar-refractivity contribution < 1.29 is 9.47 Å². The van der Waals surface area contributed by atoms with Crippen LogP contribution in [0.1, 0.15) is 16.7 Å². The lowest BCUT2D eigenvalue weighted by Gasteiger charge is -2.13. The molecule has 3 aromatic rings. The van der Waals surface area contributed by atoms with Crippen molar-refractivity contribution in [1.29, 1.82) is 0 Å². The summed E-state index contributed by atoms with van der Waals surface area (Å²) in [7, 11) is 5.35. The van der Waals surface area contributed by atoms with E-state index in [1.807, 2.05) is 31.4 Å². The third-order valence-corrected chi connectivity index (χ3v) is 4.72. The molecule has 5 heteroatoms. The SMILES string of the molecule is COc1ccc(OC)c(CNc2ncc(-c3ccc(C)c(C)c3)n2C)c1. The van der Waals surface area contributed by atoms with Crippen molar-refractivity contribution in [2.75, 3.05) is 19.5 Å². The number of rotatable bonds is 6. The van der Waals surface area contributed by atoms with E-state index in [1.165, 1.54) is 11.1 Å². The molecule has 0 fully saturated rings. The second kappa shape index (κ2) is 7.52. The van der Waals surface area contributed by atoms with Gasteiger partial charge >= 0.3 is 0 Å². The first-order valence-electron chi connectivity index (χ1n) is 8.57. The number of nitrogens with one attached hydrogen (secondary N) is 1. The number of benzene rings is 2. The molecule has 0 atom stereocenters. The zero-order valence-electron chi connectivity index (χ0n) is 16.0. The predicted molar refractivity (Wildman–Crippen MR) is 105 cm³/mol. The van der Waals surface area contributed by atoms with E-state index in [4.69, 9.17) is 9.47 Å². The molecule has 0 amide bonds. The van der Waals surface area contributed by atoms with Gasteiger partial charge in [0.05, 0.1) is 26.1 Å². The molecule has 0 bridgehead atoms. The van der Waals surface area contributed by atoms with Gasteiger partial charge < -0.3 is 19.4 Å². The van der Waals surface area contributed by atoms with Crippen molar-refractivity contribution in [2.45, 2.75) is 20.4 Å². The Kier molecular flexibility index (Phi) is 5.16. The Labute approximate surface area is 154 Å². The second-order valence-corrected chi connectivity index (χ2v) is 6.36. The predicted octanol–water partition coefficient (Wildman–Crippen LogP) is 4.33. The van der Waals surface area contributed by atoms with Crippen molar-refractivity contribution in [3.8, 4) is 22.8 Å². The number of hydrogen-bond acceptors (Lipinski definition) is 4. The number of aromatic nitrogens is 2. The first kappa shape index (κ1) is 17.9. The summed E-state index contributed by atoms with van der Waals surface area (Å²) < 4.78 is 12.8. The summed E-state index contributed by atoms with van der Waals surface area (Å²) in [5.41, 5.74) is 5.82. The quantitative estimate of drug-likeness (QED) is 0.718. The highest BCUT2D eigenvalue weighted by Gasteiger charge is 2.11. The molecule has 26 heavy (non-hydrogen) atoms. The van der Waals surface area contributed by atoms with Crippen molar-refractivity contribution in [1.82, 2.24) is 9.55 Å². The average Bonchev–Trinajstić information content (AvgIpc) is 3.02. The fourth-order valence-corrected chi connectivity index (χ4v) is 2.94. The van der Waals surface area contributed by atoms with E-state index in [2.05, 4.69) is 46.9 Å². The van der Waals surface area contributed by atoms with Gasteiger partial charge in [0, 0.05) is 24.7 Å². The Morgan fingerprint density at radius 1 is 1.00 bits per heavy atom. The Bertz CT molecular complexity index is 916. The first-order valence-corrected chi connectivity index (χ1v) is 8.57. The van der Waals surface area contributed by atoms with Gasteiger partial charge in [0.2, 0.25) is 5.95 Å². The highest BCUT2D eigenvalue weighted by Crippen LogP contribution is 2.27. The molecule has 0 aliphatic heterocycles. The summed E-state index contributed by atoms with van der Waals surface area (Å²) in [6.07, 6.45) is 1.90. The van der Waals surface area contributed by atoms with Gasteiger partial charge in [-0.25, -0.2) is 4.98 Å². The number of methoxy groups -OCH3 is 2. The van der Waals surface area contributed by atoms with Crippen molar-refractivity contribution in [3.05, 3.63) is 59.3 Å². The third-order valence-electron chi connectivity index (χ3n) is 4.72. The Morgan fingerprint density at radius 2 is 1.81 bits per heavy atom. The largest absolute Gasteiger partial charge is 0.497 e. The van der Waals surface area contributed by atoms with Crippen molar-refractivity contribution in [2.24, 2.45) is 7.05 Å². The molecule has 2 aromatic carbocycles. The van der Waals surface area contributed by atoms with Crippen molar-refractivity contribution >= 4 is 5.95 Å². The van der Waals surface area contributed by atoms with Crippen molar-refractivity contribution in [3.63, 3.8) is 0 Å². The number of nitrogens with zero attached hydrogens (tertiary/aromatic N) is 2. The molecule has 0 radical (unpaired) electrons. The molecule has 0 aliphatic carbocycles. The monoisotopic (exact) mass is 351 g/mol. The number of aryl methyl sites for hydroxylation is 2. The van der Waals surface area contributed by atoms with E-state index in [0.717, 1.165) is 34.3 Å². The lowest BCUT2D eigenvalue weighted by molar-refractivity contribution is 0.399. The van der Waals surface area contributed by atoms with Crippen LogP contribution in [0.4, 0.5) is 5.95 Å². The Balaban J connectivity index is 1.82. The standard InChI is InChI=1S/C21H25N3O2/c1-14-6-7-16(10-15(14)2)19-13-23-21(24(19)3)22-12-17-11-18(25-4)8-9-20(17)26-5/h6-11,13H,12H2,1-5H3,(H,22,23). The summed E-state index contributed by atoms with van der Waals surface area (Å²) >= 11 is 0. The van der Waals surface area contributed by atoms with Crippen LogP contribution in [0.25, 0.3) is 11.3 Å². The van der Waals surface area contributed by atoms with Crippen LogP contribution in [0, 0.1) is 13.8 Å². The zero-order chi connectivity index (χ0) is 18.7. The molecule has 0 saturated carbocycles. The van der Waals surface area contributed by atoms with Crippen LogP contribution >= 0.6 is 0 Å². The van der Waals surface area contributed by atoms with E-state index in [1.54, 1.807) is 14.2 Å². The molecule has 1 aromatic heterocycles. The van der Waals surface area contributed by atoms with E-state index < -0.39 is 0 Å². The van der Waals surface area contributed by atoms with E-state index in [9.17, 15) is 0 Å². The maximum Gasteiger partial charge on any atom is 0.203 e. The summed E-state index contributed by atoms with van der Waals surface area (Å²) in [5.74, 6) is 2.43. The number of hydrogen-bond donors (Lipinski definition) is 1. The number of ether oxygens (including phenoxy) is 2. The highest BCUT2D eigenvalue weighted by molar-refractivity contribution is 5.63. The van der Waals surface area contributed by atoms with Gasteiger partial charge in [-0.3, -0.25) is 0 Å². The zero-order valence-corrected chi connectivity index (χ0v) is 16.0. The summed E-state index contributed by atoms with van der Waals surface area (Å²) in [6, 6.07) is 12.2. The van der Waals surface area contributed by atoms with Crippen LogP contribution < -0.4 is 14.8 Å². The second-order valence-electron chi connectivity index (χ2n) is 6.36. The van der Waals surface area contributed by atoms with Crippen LogP contribution in [-0.4, -0.2) is 23.8 Å². The summed E-state index contributed by atoms with van der Waals surface area (Å²) in [4.78, 5) is 4.54. The lowest BCUT2D eigenvalue weighted by atomic mass is 10.0. The van der Waals surface area contributed by atoms with Crippen LogP contribution in [0.15, 0.2) is 42.6 Å². The van der Waals surface area contributed by atoms with E-state index in [-0.39, 0.29) is 0 Å². The minimum Gasteiger partial charge on any atom is -0.497 e.